The first kappa shape index (κ1) is 9.88. The molecule has 0 amide bonds. The lowest BCUT2D eigenvalue weighted by Crippen LogP contribution is -1.93. The van der Waals surface area contributed by atoms with E-state index in [1.165, 1.54) is 6.07 Å². The van der Waals surface area contributed by atoms with Gasteiger partial charge in [-0.15, -0.1) is 11.6 Å². The van der Waals surface area contributed by atoms with Gasteiger partial charge in [-0.1, -0.05) is 11.8 Å². The van der Waals surface area contributed by atoms with Crippen LogP contribution in [0.5, 0.6) is 0 Å². The molecule has 0 bridgehead atoms. The maximum atomic E-state index is 13.1. The molecule has 1 aromatic rings. The highest BCUT2D eigenvalue weighted by Gasteiger charge is 2.02. The van der Waals surface area contributed by atoms with E-state index in [-0.39, 0.29) is 5.88 Å². The Labute approximate surface area is 81.7 Å². The van der Waals surface area contributed by atoms with E-state index in [2.05, 4.69) is 11.8 Å². The Hall–Kier alpha value is -1.20. The molecule has 1 aromatic carbocycles. The molecule has 0 aliphatic carbocycles. The van der Waals surface area contributed by atoms with Crippen molar-refractivity contribution in [3.8, 4) is 11.8 Å². The molecule has 0 spiro atoms. The first-order valence-corrected chi connectivity index (χ1v) is 4.29. The number of halogens is 2. The third kappa shape index (κ3) is 2.37. The van der Waals surface area contributed by atoms with E-state index in [1.54, 1.807) is 13.0 Å². The van der Waals surface area contributed by atoms with Gasteiger partial charge in [0, 0.05) is 5.69 Å². The van der Waals surface area contributed by atoms with Gasteiger partial charge >= 0.3 is 0 Å². The summed E-state index contributed by atoms with van der Waals surface area (Å²) in [5.74, 6) is 5.00. The lowest BCUT2D eigenvalue weighted by molar-refractivity contribution is 0.624. The Kier molecular flexibility index (Phi) is 3.16. The maximum Gasteiger partial charge on any atom is 0.140 e. The molecule has 13 heavy (non-hydrogen) atoms. The number of rotatable bonds is 0. The van der Waals surface area contributed by atoms with E-state index in [9.17, 15) is 4.39 Å². The third-order valence-corrected chi connectivity index (χ3v) is 1.78. The zero-order chi connectivity index (χ0) is 9.84. The summed E-state index contributed by atoms with van der Waals surface area (Å²) in [5, 5.41) is 0. The van der Waals surface area contributed by atoms with Crippen LogP contribution in [0.4, 0.5) is 10.1 Å². The molecule has 1 rings (SSSR count). The fraction of sp³-hybridized carbons (Fsp3) is 0.200. The first-order chi connectivity index (χ1) is 6.15. The van der Waals surface area contributed by atoms with Crippen LogP contribution in [-0.2, 0) is 0 Å². The number of nitrogens with two attached hydrogens (primary N) is 1. The molecule has 2 N–H and O–H groups in total. The molecular formula is C10H9ClFN. The number of hydrogen-bond donors (Lipinski definition) is 1. The van der Waals surface area contributed by atoms with Crippen LogP contribution in [0.25, 0.3) is 0 Å². The van der Waals surface area contributed by atoms with E-state index in [4.69, 9.17) is 17.3 Å². The van der Waals surface area contributed by atoms with Crippen LogP contribution in [0.1, 0.15) is 11.1 Å². The van der Waals surface area contributed by atoms with Crippen molar-refractivity contribution in [2.45, 2.75) is 6.92 Å². The quantitative estimate of drug-likeness (QED) is 0.386. The predicted octanol–water partition coefficient (Wildman–Crippen LogP) is 2.31. The Bertz CT molecular complexity index is 376. The average Bonchev–Trinajstić information content (AvgIpc) is 2.09. The summed E-state index contributed by atoms with van der Waals surface area (Å²) >= 11 is 5.35. The van der Waals surface area contributed by atoms with Crippen molar-refractivity contribution < 1.29 is 4.39 Å². The lowest BCUT2D eigenvalue weighted by Gasteiger charge is -2.01. The summed E-state index contributed by atoms with van der Waals surface area (Å²) < 4.78 is 13.1. The summed E-state index contributed by atoms with van der Waals surface area (Å²) in [7, 11) is 0. The van der Waals surface area contributed by atoms with Crippen molar-refractivity contribution in [2.75, 3.05) is 11.6 Å². The second-order valence-corrected chi connectivity index (χ2v) is 2.89. The van der Waals surface area contributed by atoms with Gasteiger partial charge < -0.3 is 5.73 Å². The summed E-state index contributed by atoms with van der Waals surface area (Å²) in [6.45, 7) is 1.81. The highest BCUT2D eigenvalue weighted by molar-refractivity contribution is 6.19. The molecule has 0 aliphatic heterocycles. The van der Waals surface area contributed by atoms with Crippen LogP contribution in [0.2, 0.25) is 0 Å². The largest absolute Gasteiger partial charge is 0.398 e. The second-order valence-electron chi connectivity index (χ2n) is 2.62. The van der Waals surface area contributed by atoms with Crippen molar-refractivity contribution in [1.29, 1.82) is 0 Å². The van der Waals surface area contributed by atoms with Crippen LogP contribution in [0.3, 0.4) is 0 Å². The predicted molar refractivity (Wildman–Crippen MR) is 53.1 cm³/mol. The monoisotopic (exact) mass is 197 g/mol. The first-order valence-electron chi connectivity index (χ1n) is 3.75. The van der Waals surface area contributed by atoms with Gasteiger partial charge in [0.15, 0.2) is 0 Å². The molecule has 0 radical (unpaired) electrons. The fourth-order valence-corrected chi connectivity index (χ4v) is 0.988. The molecular weight excluding hydrogens is 189 g/mol. The highest BCUT2D eigenvalue weighted by atomic mass is 35.5. The minimum atomic E-state index is -0.402. The average molecular weight is 198 g/mol. The van der Waals surface area contributed by atoms with Gasteiger partial charge in [0.25, 0.3) is 0 Å². The van der Waals surface area contributed by atoms with Crippen LogP contribution in [0.15, 0.2) is 12.1 Å². The van der Waals surface area contributed by atoms with Crippen LogP contribution in [0, 0.1) is 24.6 Å². The molecule has 0 aliphatic rings. The fourth-order valence-electron chi connectivity index (χ4n) is 0.921. The molecule has 0 saturated carbocycles. The maximum absolute atomic E-state index is 13.1. The topological polar surface area (TPSA) is 26.0 Å². The molecule has 0 saturated heterocycles. The highest BCUT2D eigenvalue weighted by Crippen LogP contribution is 2.15. The molecule has 0 heterocycles. The van der Waals surface area contributed by atoms with E-state index in [0.717, 1.165) is 5.56 Å². The van der Waals surface area contributed by atoms with E-state index < -0.39 is 5.82 Å². The number of anilines is 1. The SMILES string of the molecule is Cc1cc(C#CCCl)c(F)cc1N. The van der Waals surface area contributed by atoms with Gasteiger partial charge in [-0.25, -0.2) is 4.39 Å². The van der Waals surface area contributed by atoms with Crippen LogP contribution in [-0.4, -0.2) is 5.88 Å². The van der Waals surface area contributed by atoms with Gasteiger partial charge in [-0.05, 0) is 24.6 Å². The Morgan fingerprint density at radius 2 is 2.23 bits per heavy atom. The zero-order valence-electron chi connectivity index (χ0n) is 7.20. The molecule has 0 fully saturated rings. The normalized spacial score (nSPS) is 9.15. The molecule has 0 atom stereocenters. The Morgan fingerprint density at radius 3 is 2.85 bits per heavy atom. The van der Waals surface area contributed by atoms with E-state index in [0.29, 0.717) is 11.3 Å². The van der Waals surface area contributed by atoms with Crippen molar-refractivity contribution in [3.05, 3.63) is 29.1 Å². The molecule has 0 unspecified atom stereocenters. The lowest BCUT2D eigenvalue weighted by atomic mass is 10.1. The summed E-state index contributed by atoms with van der Waals surface area (Å²) in [6.07, 6.45) is 0. The Balaban J connectivity index is 3.16. The van der Waals surface area contributed by atoms with Gasteiger partial charge in [0.2, 0.25) is 0 Å². The molecule has 68 valence electrons. The van der Waals surface area contributed by atoms with Crippen molar-refractivity contribution in [1.82, 2.24) is 0 Å². The number of nitrogen functional groups attached to an aromatic ring is 1. The van der Waals surface area contributed by atoms with Gasteiger partial charge in [0.1, 0.15) is 5.82 Å². The third-order valence-electron chi connectivity index (χ3n) is 1.65. The minimum absolute atomic E-state index is 0.197. The number of alkyl halides is 1. The van der Waals surface area contributed by atoms with Gasteiger partial charge in [-0.3, -0.25) is 0 Å². The van der Waals surface area contributed by atoms with E-state index in [1.807, 2.05) is 0 Å². The number of aryl methyl sites for hydroxylation is 1. The van der Waals surface area contributed by atoms with Crippen molar-refractivity contribution >= 4 is 17.3 Å². The summed E-state index contributed by atoms with van der Waals surface area (Å²) in [4.78, 5) is 0. The number of hydrogen-bond acceptors (Lipinski definition) is 1. The minimum Gasteiger partial charge on any atom is -0.398 e. The molecule has 3 heteroatoms. The standard InChI is InChI=1S/C10H9ClFN/c1-7-5-8(3-2-4-11)9(12)6-10(7)13/h5-6H,4,13H2,1H3. The zero-order valence-corrected chi connectivity index (χ0v) is 7.95. The molecule has 0 aromatic heterocycles. The van der Waals surface area contributed by atoms with E-state index >= 15 is 0 Å². The summed E-state index contributed by atoms with van der Waals surface area (Å²) in [5.41, 5.74) is 7.10. The Morgan fingerprint density at radius 1 is 1.54 bits per heavy atom. The van der Waals surface area contributed by atoms with Crippen LogP contribution >= 0.6 is 11.6 Å². The van der Waals surface area contributed by atoms with Crippen molar-refractivity contribution in [3.63, 3.8) is 0 Å². The summed E-state index contributed by atoms with van der Waals surface area (Å²) in [6, 6.07) is 2.89. The van der Waals surface area contributed by atoms with Crippen molar-refractivity contribution in [2.24, 2.45) is 0 Å². The second kappa shape index (κ2) is 4.15. The smallest absolute Gasteiger partial charge is 0.140 e. The molecule has 1 nitrogen and oxygen atoms in total. The van der Waals surface area contributed by atoms with Gasteiger partial charge in [0.05, 0.1) is 11.4 Å². The van der Waals surface area contributed by atoms with Crippen LogP contribution < -0.4 is 5.73 Å². The van der Waals surface area contributed by atoms with Gasteiger partial charge in [-0.2, -0.15) is 0 Å². The number of benzene rings is 1.